The number of halogens is 1. The topological polar surface area (TPSA) is 94.7 Å². The van der Waals surface area contributed by atoms with Gasteiger partial charge in [-0.25, -0.2) is 4.98 Å². The summed E-state index contributed by atoms with van der Waals surface area (Å²) in [6.45, 7) is 5.29. The number of rotatable bonds is 12. The predicted octanol–water partition coefficient (Wildman–Crippen LogP) is 5.52. The first kappa shape index (κ1) is 26.9. The second-order valence-electron chi connectivity index (χ2n) is 8.52. The zero-order chi connectivity index (χ0) is 26.9. The number of carbonyl (C=O) groups is 1. The van der Waals surface area contributed by atoms with E-state index in [1.54, 1.807) is 18.4 Å². The van der Waals surface area contributed by atoms with Gasteiger partial charge in [-0.05, 0) is 60.3 Å². The van der Waals surface area contributed by atoms with E-state index >= 15 is 0 Å². The van der Waals surface area contributed by atoms with Gasteiger partial charge in [-0.2, -0.15) is 4.98 Å². The lowest BCUT2D eigenvalue weighted by Gasteiger charge is -2.25. The number of carbonyl (C=O) groups excluding carboxylic acids is 1. The Kier molecular flexibility index (Phi) is 9.10. The van der Waals surface area contributed by atoms with Gasteiger partial charge in [-0.15, -0.1) is 0 Å². The third-order valence-electron chi connectivity index (χ3n) is 5.78. The van der Waals surface area contributed by atoms with Crippen molar-refractivity contribution < 1.29 is 9.63 Å². The van der Waals surface area contributed by atoms with Gasteiger partial charge in [0.1, 0.15) is 5.02 Å². The van der Waals surface area contributed by atoms with Crippen LogP contribution < -0.4 is 21.0 Å². The van der Waals surface area contributed by atoms with E-state index in [9.17, 15) is 4.79 Å². The Bertz CT molecular complexity index is 1400. The van der Waals surface area contributed by atoms with E-state index in [2.05, 4.69) is 61.7 Å². The van der Waals surface area contributed by atoms with Crippen molar-refractivity contribution >= 4 is 57.1 Å². The van der Waals surface area contributed by atoms with Gasteiger partial charge in [-0.1, -0.05) is 48.5 Å². The summed E-state index contributed by atoms with van der Waals surface area (Å²) in [5.74, 6) is 0.738. The third kappa shape index (κ3) is 7.19. The maximum Gasteiger partial charge on any atom is 0.247 e. The number of anilines is 5. The van der Waals surface area contributed by atoms with E-state index in [0.29, 0.717) is 42.2 Å². The fraction of sp³-hybridized carbons (Fsp3) is 0.179. The Morgan fingerprint density at radius 1 is 1.05 bits per heavy atom. The van der Waals surface area contributed by atoms with Crippen molar-refractivity contribution in [3.63, 3.8) is 0 Å². The van der Waals surface area contributed by atoms with Crippen LogP contribution in [0.4, 0.5) is 28.8 Å². The Hall–Kier alpha value is -4.18. The Morgan fingerprint density at radius 2 is 1.79 bits per heavy atom. The van der Waals surface area contributed by atoms with Crippen LogP contribution >= 0.6 is 11.6 Å². The number of nitrogens with zero attached hydrogens (tertiary/aromatic N) is 4. The fourth-order valence-electron chi connectivity index (χ4n) is 3.72. The molecular formula is C28H30ClN7O2. The molecule has 4 rings (SSSR count). The van der Waals surface area contributed by atoms with Crippen molar-refractivity contribution in [2.75, 3.05) is 54.9 Å². The highest BCUT2D eigenvalue weighted by atomic mass is 35.5. The van der Waals surface area contributed by atoms with Crippen molar-refractivity contribution in [3.05, 3.63) is 90.6 Å². The van der Waals surface area contributed by atoms with Gasteiger partial charge in [0.05, 0.1) is 32.2 Å². The number of fused-ring (bicyclic) bond motifs is 1. The van der Waals surface area contributed by atoms with Crippen LogP contribution in [0.15, 0.2) is 85.6 Å². The maximum atomic E-state index is 11.5. The van der Waals surface area contributed by atoms with E-state index < -0.39 is 0 Å². The Morgan fingerprint density at radius 3 is 2.53 bits per heavy atom. The van der Waals surface area contributed by atoms with E-state index in [1.807, 2.05) is 49.5 Å². The summed E-state index contributed by atoms with van der Waals surface area (Å²) >= 11 is 6.36. The molecule has 0 unspecified atom stereocenters. The van der Waals surface area contributed by atoms with Gasteiger partial charge in [-0.3, -0.25) is 19.6 Å². The normalized spacial score (nSPS) is 10.8. The molecule has 0 saturated heterocycles. The molecule has 3 aromatic carbocycles. The molecule has 0 saturated carbocycles. The molecule has 0 atom stereocenters. The molecule has 1 heterocycles. The van der Waals surface area contributed by atoms with Crippen LogP contribution in [0.3, 0.4) is 0 Å². The monoisotopic (exact) mass is 531 g/mol. The fourth-order valence-corrected chi connectivity index (χ4v) is 3.86. The third-order valence-corrected chi connectivity index (χ3v) is 6.05. The van der Waals surface area contributed by atoms with Crippen LogP contribution in [-0.2, 0) is 9.63 Å². The van der Waals surface area contributed by atoms with Crippen LogP contribution in [0.25, 0.3) is 10.8 Å². The first-order valence-corrected chi connectivity index (χ1v) is 12.4. The van der Waals surface area contributed by atoms with Crippen molar-refractivity contribution in [1.29, 1.82) is 0 Å². The van der Waals surface area contributed by atoms with E-state index in [1.165, 1.54) is 11.5 Å². The van der Waals surface area contributed by atoms with Gasteiger partial charge in [0.25, 0.3) is 0 Å². The van der Waals surface area contributed by atoms with Gasteiger partial charge >= 0.3 is 0 Å². The number of hydrogen-bond acceptors (Lipinski definition) is 8. The average Bonchev–Trinajstić information content (AvgIpc) is 2.94. The minimum absolute atomic E-state index is 0.253. The maximum absolute atomic E-state index is 11.5. The lowest BCUT2D eigenvalue weighted by Crippen LogP contribution is -2.35. The molecule has 38 heavy (non-hydrogen) atoms. The molecule has 0 spiro atoms. The van der Waals surface area contributed by atoms with Gasteiger partial charge in [0.15, 0.2) is 5.82 Å². The van der Waals surface area contributed by atoms with Crippen LogP contribution in [0.1, 0.15) is 0 Å². The summed E-state index contributed by atoms with van der Waals surface area (Å²) in [6, 6.07) is 21.7. The number of aromatic nitrogens is 2. The van der Waals surface area contributed by atoms with E-state index in [4.69, 9.17) is 16.4 Å². The highest BCUT2D eigenvalue weighted by molar-refractivity contribution is 6.32. The van der Waals surface area contributed by atoms with Crippen LogP contribution in [0.5, 0.6) is 0 Å². The Balaban J connectivity index is 1.30. The second kappa shape index (κ2) is 12.9. The number of amides is 1. The molecule has 10 heteroatoms. The summed E-state index contributed by atoms with van der Waals surface area (Å²) in [7, 11) is 3.61. The van der Waals surface area contributed by atoms with Crippen molar-refractivity contribution in [1.82, 2.24) is 14.9 Å². The smallest absolute Gasteiger partial charge is 0.247 e. The standard InChI is InChI=1S/C28H30ClN7O2/c1-4-26(37)32-22-11-13-24(14-12-22)36(38-3)16-15-35(2)19-31-28-30-18-25(29)27(34-28)33-23-10-9-20-7-5-6-8-21(20)17-23/h4-14,17-18H,1,15-16,19H2,2-3H3,(H,32,37)(H2,30,31,33,34). The molecule has 0 radical (unpaired) electrons. The molecule has 0 fully saturated rings. The van der Waals surface area contributed by atoms with Gasteiger partial charge in [0, 0.05) is 17.9 Å². The number of hydrogen-bond donors (Lipinski definition) is 3. The van der Waals surface area contributed by atoms with Crippen LogP contribution in [0, 0.1) is 0 Å². The Labute approximate surface area is 227 Å². The lowest BCUT2D eigenvalue weighted by atomic mass is 10.1. The SMILES string of the molecule is C=CC(=O)Nc1ccc(N(CCN(C)CNc2ncc(Cl)c(Nc3ccc4ccccc4c3)n2)OC)cc1. The molecule has 0 aliphatic carbocycles. The summed E-state index contributed by atoms with van der Waals surface area (Å²) in [4.78, 5) is 27.9. The average molecular weight is 532 g/mol. The summed E-state index contributed by atoms with van der Waals surface area (Å²) in [5, 5.41) is 13.8. The van der Waals surface area contributed by atoms with E-state index in [0.717, 1.165) is 16.8 Å². The van der Waals surface area contributed by atoms with Crippen molar-refractivity contribution in [2.45, 2.75) is 0 Å². The van der Waals surface area contributed by atoms with E-state index in [-0.39, 0.29) is 5.91 Å². The molecule has 1 aromatic heterocycles. The minimum Gasteiger partial charge on any atom is -0.341 e. The molecule has 0 aliphatic heterocycles. The second-order valence-corrected chi connectivity index (χ2v) is 8.92. The number of benzene rings is 3. The highest BCUT2D eigenvalue weighted by Crippen LogP contribution is 2.26. The molecule has 0 aliphatic rings. The van der Waals surface area contributed by atoms with Gasteiger partial charge in [0.2, 0.25) is 11.9 Å². The van der Waals surface area contributed by atoms with Gasteiger partial charge < -0.3 is 16.0 Å². The minimum atomic E-state index is -0.253. The zero-order valence-corrected chi connectivity index (χ0v) is 22.1. The number of nitrogens with one attached hydrogen (secondary N) is 3. The largest absolute Gasteiger partial charge is 0.341 e. The summed E-state index contributed by atoms with van der Waals surface area (Å²) in [6.07, 6.45) is 2.81. The summed E-state index contributed by atoms with van der Waals surface area (Å²) in [5.41, 5.74) is 2.45. The predicted molar refractivity (Wildman–Crippen MR) is 155 cm³/mol. The molecule has 4 aromatic rings. The number of hydroxylamine groups is 1. The zero-order valence-electron chi connectivity index (χ0n) is 21.3. The molecule has 196 valence electrons. The highest BCUT2D eigenvalue weighted by Gasteiger charge is 2.10. The van der Waals surface area contributed by atoms with Crippen LogP contribution in [-0.4, -0.2) is 54.7 Å². The quantitative estimate of drug-likeness (QED) is 0.125. The molecule has 0 bridgehead atoms. The van der Waals surface area contributed by atoms with Crippen molar-refractivity contribution in [2.24, 2.45) is 0 Å². The summed E-state index contributed by atoms with van der Waals surface area (Å²) < 4.78 is 0. The first-order chi connectivity index (χ1) is 18.4. The van der Waals surface area contributed by atoms with Crippen molar-refractivity contribution in [3.8, 4) is 0 Å². The first-order valence-electron chi connectivity index (χ1n) is 12.0. The lowest BCUT2D eigenvalue weighted by molar-refractivity contribution is -0.111. The molecule has 9 nitrogen and oxygen atoms in total. The molecule has 3 N–H and O–H groups in total. The molecular weight excluding hydrogens is 502 g/mol. The van der Waals surface area contributed by atoms with Crippen LogP contribution in [0.2, 0.25) is 5.02 Å². The number of likely N-dealkylation sites (N-methyl/N-ethyl adjacent to an activating group) is 1. The molecule has 1 amide bonds.